The maximum absolute atomic E-state index is 8.53. The van der Waals surface area contributed by atoms with Crippen LogP contribution in [0.15, 0.2) is 4.52 Å². The molecule has 92 valence electrons. The second kappa shape index (κ2) is 5.75. The Hall–Kier alpha value is -1.45. The molecular formula is C11H16N4O2. The van der Waals surface area contributed by atoms with E-state index in [1.807, 2.05) is 6.07 Å². The van der Waals surface area contributed by atoms with Crippen molar-refractivity contribution in [2.45, 2.75) is 25.9 Å². The Morgan fingerprint density at radius 1 is 1.59 bits per heavy atom. The summed E-state index contributed by atoms with van der Waals surface area (Å²) in [7, 11) is 0. The van der Waals surface area contributed by atoms with Gasteiger partial charge in [-0.15, -0.1) is 0 Å². The van der Waals surface area contributed by atoms with Crippen LogP contribution >= 0.6 is 0 Å². The Kier molecular flexibility index (Phi) is 4.07. The molecule has 0 aromatic carbocycles. The average Bonchev–Trinajstić information content (AvgIpc) is 2.79. The molecule has 0 N–H and O–H groups in total. The summed E-state index contributed by atoms with van der Waals surface area (Å²) in [6.45, 7) is 5.64. The molecule has 0 spiro atoms. The second-order valence-electron chi connectivity index (χ2n) is 4.04. The fourth-order valence-corrected chi connectivity index (χ4v) is 1.92. The molecule has 0 bridgehead atoms. The zero-order valence-corrected chi connectivity index (χ0v) is 9.93. The zero-order chi connectivity index (χ0) is 12.1. The maximum Gasteiger partial charge on any atom is 0.240 e. The summed E-state index contributed by atoms with van der Waals surface area (Å²) in [4.78, 5) is 6.49. The molecule has 2 heterocycles. The van der Waals surface area contributed by atoms with Crippen LogP contribution in [0.25, 0.3) is 0 Å². The molecule has 17 heavy (non-hydrogen) atoms. The molecular weight excluding hydrogens is 220 g/mol. The third-order valence-electron chi connectivity index (χ3n) is 2.69. The van der Waals surface area contributed by atoms with Crippen molar-refractivity contribution in [2.24, 2.45) is 0 Å². The van der Waals surface area contributed by atoms with Gasteiger partial charge in [0.2, 0.25) is 11.7 Å². The lowest BCUT2D eigenvalue weighted by atomic mass is 10.2. The summed E-state index contributed by atoms with van der Waals surface area (Å²) >= 11 is 0. The van der Waals surface area contributed by atoms with Crippen LogP contribution in [0.4, 0.5) is 0 Å². The molecule has 1 unspecified atom stereocenters. The lowest BCUT2D eigenvalue weighted by Crippen LogP contribution is -2.39. The molecule has 0 radical (unpaired) electrons. The fraction of sp³-hybridized carbons (Fsp3) is 0.727. The van der Waals surface area contributed by atoms with Crippen molar-refractivity contribution in [2.75, 3.05) is 26.2 Å². The number of morpholine rings is 1. The lowest BCUT2D eigenvalue weighted by Gasteiger charge is -2.30. The maximum atomic E-state index is 8.53. The summed E-state index contributed by atoms with van der Waals surface area (Å²) in [5.41, 5.74) is 0. The molecule has 0 amide bonds. The molecule has 1 aromatic heterocycles. The Balaban J connectivity index is 1.98. The van der Waals surface area contributed by atoms with Crippen molar-refractivity contribution < 1.29 is 9.26 Å². The minimum absolute atomic E-state index is 0.133. The topological polar surface area (TPSA) is 75.2 Å². The lowest BCUT2D eigenvalue weighted by molar-refractivity contribution is -0.0350. The first-order chi connectivity index (χ1) is 8.33. The van der Waals surface area contributed by atoms with Gasteiger partial charge >= 0.3 is 0 Å². The van der Waals surface area contributed by atoms with Gasteiger partial charge in [-0.2, -0.15) is 10.2 Å². The highest BCUT2D eigenvalue weighted by atomic mass is 16.5. The molecule has 1 saturated heterocycles. The van der Waals surface area contributed by atoms with E-state index < -0.39 is 0 Å². The highest BCUT2D eigenvalue weighted by Gasteiger charge is 2.25. The summed E-state index contributed by atoms with van der Waals surface area (Å²) < 4.78 is 10.6. The van der Waals surface area contributed by atoms with E-state index in [0.29, 0.717) is 18.3 Å². The normalized spacial score (nSPS) is 21.3. The highest BCUT2D eigenvalue weighted by molar-refractivity contribution is 4.97. The monoisotopic (exact) mass is 236 g/mol. The first-order valence-corrected chi connectivity index (χ1v) is 5.87. The van der Waals surface area contributed by atoms with Gasteiger partial charge in [-0.1, -0.05) is 12.1 Å². The molecule has 0 saturated carbocycles. The van der Waals surface area contributed by atoms with E-state index in [9.17, 15) is 0 Å². The van der Waals surface area contributed by atoms with E-state index in [1.54, 1.807) is 0 Å². The third-order valence-corrected chi connectivity index (χ3v) is 2.69. The first kappa shape index (κ1) is 12.0. The van der Waals surface area contributed by atoms with Gasteiger partial charge in [-0.3, -0.25) is 4.90 Å². The predicted molar refractivity (Wildman–Crippen MR) is 59.0 cm³/mol. The van der Waals surface area contributed by atoms with E-state index in [1.165, 1.54) is 0 Å². The van der Waals surface area contributed by atoms with E-state index >= 15 is 0 Å². The molecule has 1 atom stereocenters. The number of aromatic nitrogens is 2. The van der Waals surface area contributed by atoms with Crippen LogP contribution in [0, 0.1) is 11.3 Å². The van der Waals surface area contributed by atoms with Crippen LogP contribution in [0.3, 0.4) is 0 Å². The molecule has 6 heteroatoms. The van der Waals surface area contributed by atoms with E-state index in [0.717, 1.165) is 26.1 Å². The first-order valence-electron chi connectivity index (χ1n) is 5.87. The molecule has 6 nitrogen and oxygen atoms in total. The SMILES string of the molecule is CCCN1CCOC(c2noc(CC#N)n2)C1. The van der Waals surface area contributed by atoms with Gasteiger partial charge in [0, 0.05) is 13.1 Å². The van der Waals surface area contributed by atoms with Crippen molar-refractivity contribution in [3.8, 4) is 6.07 Å². The van der Waals surface area contributed by atoms with E-state index in [-0.39, 0.29) is 12.5 Å². The molecule has 1 fully saturated rings. The van der Waals surface area contributed by atoms with Crippen molar-refractivity contribution in [1.29, 1.82) is 5.26 Å². The minimum Gasteiger partial charge on any atom is -0.367 e. The Labute approximate surface area is 100 Å². The van der Waals surface area contributed by atoms with Crippen LogP contribution in [0.1, 0.15) is 31.2 Å². The van der Waals surface area contributed by atoms with Crippen molar-refractivity contribution in [3.05, 3.63) is 11.7 Å². The Morgan fingerprint density at radius 3 is 3.24 bits per heavy atom. The van der Waals surface area contributed by atoms with Crippen LogP contribution in [-0.4, -0.2) is 41.3 Å². The molecule has 1 aromatic rings. The Bertz CT molecular complexity index is 396. The van der Waals surface area contributed by atoms with Crippen LogP contribution in [0.5, 0.6) is 0 Å². The van der Waals surface area contributed by atoms with E-state index in [2.05, 4.69) is 22.0 Å². The standard InChI is InChI=1S/C11H16N4O2/c1-2-5-15-6-7-16-9(8-15)11-13-10(3-4-12)17-14-11/h9H,2-3,5-8H2,1H3. The number of nitrogens with zero attached hydrogens (tertiary/aromatic N) is 4. The zero-order valence-electron chi connectivity index (χ0n) is 9.93. The molecule has 2 rings (SSSR count). The van der Waals surface area contributed by atoms with Crippen molar-refractivity contribution in [3.63, 3.8) is 0 Å². The van der Waals surface area contributed by atoms with E-state index in [4.69, 9.17) is 14.5 Å². The van der Waals surface area contributed by atoms with Gasteiger partial charge in [-0.05, 0) is 13.0 Å². The number of nitriles is 1. The summed E-state index contributed by atoms with van der Waals surface area (Å²) in [5, 5.41) is 12.4. The van der Waals surface area contributed by atoms with Crippen LogP contribution < -0.4 is 0 Å². The molecule has 0 aliphatic carbocycles. The van der Waals surface area contributed by atoms with Gasteiger partial charge < -0.3 is 9.26 Å². The predicted octanol–water partition coefficient (Wildman–Crippen LogP) is 0.919. The van der Waals surface area contributed by atoms with Gasteiger partial charge in [-0.25, -0.2) is 0 Å². The average molecular weight is 236 g/mol. The van der Waals surface area contributed by atoms with Crippen LogP contribution in [-0.2, 0) is 11.2 Å². The fourth-order valence-electron chi connectivity index (χ4n) is 1.92. The van der Waals surface area contributed by atoms with Gasteiger partial charge in [0.1, 0.15) is 12.5 Å². The van der Waals surface area contributed by atoms with Gasteiger partial charge in [0.05, 0.1) is 12.7 Å². The Morgan fingerprint density at radius 2 is 2.47 bits per heavy atom. The largest absolute Gasteiger partial charge is 0.367 e. The third kappa shape index (κ3) is 3.02. The highest BCUT2D eigenvalue weighted by Crippen LogP contribution is 2.19. The number of hydrogen-bond donors (Lipinski definition) is 0. The summed E-state index contributed by atoms with van der Waals surface area (Å²) in [6, 6.07) is 1.98. The summed E-state index contributed by atoms with van der Waals surface area (Å²) in [5.74, 6) is 0.912. The quantitative estimate of drug-likeness (QED) is 0.773. The number of hydrogen-bond acceptors (Lipinski definition) is 6. The van der Waals surface area contributed by atoms with Gasteiger partial charge in [0.25, 0.3) is 0 Å². The van der Waals surface area contributed by atoms with Crippen molar-refractivity contribution >= 4 is 0 Å². The number of ether oxygens (including phenoxy) is 1. The minimum atomic E-state index is -0.133. The summed E-state index contributed by atoms with van der Waals surface area (Å²) in [6.07, 6.45) is 1.14. The molecule has 1 aliphatic rings. The van der Waals surface area contributed by atoms with Crippen LogP contribution in [0.2, 0.25) is 0 Å². The van der Waals surface area contributed by atoms with Crippen molar-refractivity contribution in [1.82, 2.24) is 15.0 Å². The number of rotatable bonds is 4. The molecule has 1 aliphatic heterocycles. The second-order valence-corrected chi connectivity index (χ2v) is 4.04. The smallest absolute Gasteiger partial charge is 0.240 e. The van der Waals surface area contributed by atoms with Gasteiger partial charge in [0.15, 0.2) is 0 Å².